The third kappa shape index (κ3) is 5.02. The maximum atomic E-state index is 12.5. The van der Waals surface area contributed by atoms with Crippen molar-refractivity contribution in [2.45, 2.75) is 26.2 Å². The highest BCUT2D eigenvalue weighted by molar-refractivity contribution is 7.92. The number of nitrogens with one attached hydrogen (secondary N) is 3. The minimum absolute atomic E-state index is 0.393. The molecule has 2 aromatic heterocycles. The maximum absolute atomic E-state index is 12.5. The van der Waals surface area contributed by atoms with Gasteiger partial charge in [0.2, 0.25) is 16.0 Å². The molecule has 3 aliphatic rings. The summed E-state index contributed by atoms with van der Waals surface area (Å²) in [5, 5.41) is 7.60. The molecule has 4 aromatic rings. The number of likely N-dealkylation sites (tertiary alicyclic amines) is 1. The van der Waals surface area contributed by atoms with Gasteiger partial charge in [-0.2, -0.15) is 9.97 Å². The van der Waals surface area contributed by atoms with E-state index in [0.717, 1.165) is 41.0 Å². The van der Waals surface area contributed by atoms with E-state index in [1.807, 2.05) is 30.5 Å². The van der Waals surface area contributed by atoms with Crippen LogP contribution in [0.2, 0.25) is 0 Å². The lowest BCUT2D eigenvalue weighted by atomic mass is 9.72. The van der Waals surface area contributed by atoms with Gasteiger partial charge in [0.1, 0.15) is 17.2 Å². The SMILES string of the molecule is COc1cc(N2CCC3(CC2)CN(C)C3)c(C)cc1Nc1nc(Nc2cccc3c2N(S(C)(=O)=O)CC3)c2cc[nH]c2n1. The molecule has 3 aliphatic heterocycles. The minimum atomic E-state index is -3.42. The second kappa shape index (κ2) is 10.3. The second-order valence-electron chi connectivity index (χ2n) is 12.3. The molecule has 5 heterocycles. The summed E-state index contributed by atoms with van der Waals surface area (Å²) in [4.78, 5) is 17.6. The van der Waals surface area contributed by atoms with Crippen molar-refractivity contribution >= 4 is 55.6 Å². The predicted octanol–water partition coefficient (Wildman–Crippen LogP) is 4.62. The molecule has 0 saturated carbocycles. The standard InChI is InChI=1S/C31H38N8O3S/c1-20-16-24(26(42-3)17-25(20)38-14-10-31(11-15-38)18-37(2)19-31)34-30-35-28-22(8-12-32-28)29(36-30)33-23-7-5-6-21-9-13-39(27(21)23)43(4,40)41/h5-8,12,16-17H,9-11,13-15,18-19H2,1-4H3,(H3,32,33,34,35,36). The van der Waals surface area contributed by atoms with Crippen molar-refractivity contribution in [3.63, 3.8) is 0 Å². The van der Waals surface area contributed by atoms with Crippen LogP contribution in [0.4, 0.5) is 34.5 Å². The van der Waals surface area contributed by atoms with Crippen molar-refractivity contribution in [2.75, 3.05) is 73.0 Å². The number of fused-ring (bicyclic) bond motifs is 2. The molecule has 0 amide bonds. The largest absolute Gasteiger partial charge is 0.494 e. The Kier molecular flexibility index (Phi) is 6.66. The van der Waals surface area contributed by atoms with Crippen LogP contribution in [0.25, 0.3) is 11.0 Å². The molecule has 2 saturated heterocycles. The van der Waals surface area contributed by atoms with Crippen molar-refractivity contribution in [3.8, 4) is 5.75 Å². The monoisotopic (exact) mass is 602 g/mol. The smallest absolute Gasteiger partial charge is 0.232 e. The first-order chi connectivity index (χ1) is 20.6. The van der Waals surface area contributed by atoms with Crippen LogP contribution >= 0.6 is 0 Å². The topological polar surface area (TPSA) is 119 Å². The number of anilines is 6. The number of rotatable bonds is 7. The molecular formula is C31H38N8O3S. The van der Waals surface area contributed by atoms with Gasteiger partial charge in [-0.25, -0.2) is 8.42 Å². The van der Waals surface area contributed by atoms with Crippen LogP contribution in [0.5, 0.6) is 5.75 Å². The number of benzene rings is 2. The Morgan fingerprint density at radius 1 is 1.02 bits per heavy atom. The summed E-state index contributed by atoms with van der Waals surface area (Å²) in [7, 11) is 0.466. The highest BCUT2D eigenvalue weighted by atomic mass is 32.2. The number of hydrogen-bond donors (Lipinski definition) is 3. The molecule has 0 aliphatic carbocycles. The van der Waals surface area contributed by atoms with Crippen LogP contribution in [0.1, 0.15) is 24.0 Å². The summed E-state index contributed by atoms with van der Waals surface area (Å²) in [6.07, 6.45) is 6.15. The summed E-state index contributed by atoms with van der Waals surface area (Å²) in [6.45, 7) is 7.06. The van der Waals surface area contributed by atoms with Crippen molar-refractivity contribution in [3.05, 3.63) is 53.7 Å². The number of para-hydroxylation sites is 1. The quantitative estimate of drug-likeness (QED) is 0.279. The molecule has 0 atom stereocenters. The number of nitrogens with zero attached hydrogens (tertiary/aromatic N) is 5. The van der Waals surface area contributed by atoms with E-state index >= 15 is 0 Å². The van der Waals surface area contributed by atoms with Gasteiger partial charge in [0.25, 0.3) is 0 Å². The number of H-pyrrole nitrogens is 1. The summed E-state index contributed by atoms with van der Waals surface area (Å²) in [5.74, 6) is 1.68. The Balaban J connectivity index is 1.18. The van der Waals surface area contributed by atoms with Gasteiger partial charge in [0.05, 0.1) is 35.8 Å². The second-order valence-corrected chi connectivity index (χ2v) is 14.2. The molecule has 43 heavy (non-hydrogen) atoms. The molecule has 7 rings (SSSR count). The molecule has 0 radical (unpaired) electrons. The Morgan fingerprint density at radius 3 is 2.53 bits per heavy atom. The number of hydrogen-bond acceptors (Lipinski definition) is 9. The third-order valence-electron chi connectivity index (χ3n) is 9.16. The Labute approximate surface area is 252 Å². The molecule has 2 aromatic carbocycles. The number of methoxy groups -OCH3 is 1. The molecule has 11 nitrogen and oxygen atoms in total. The van der Waals surface area contributed by atoms with E-state index in [2.05, 4.69) is 51.5 Å². The lowest BCUT2D eigenvalue weighted by Crippen LogP contribution is -2.58. The number of sulfonamides is 1. The number of aryl methyl sites for hydroxylation is 1. The fourth-order valence-corrected chi connectivity index (χ4v) is 8.09. The molecular weight excluding hydrogens is 564 g/mol. The zero-order valence-corrected chi connectivity index (χ0v) is 25.9. The number of ether oxygens (including phenoxy) is 1. The lowest BCUT2D eigenvalue weighted by Gasteiger charge is -2.53. The molecule has 12 heteroatoms. The van der Waals surface area contributed by atoms with E-state index in [-0.39, 0.29) is 0 Å². The summed E-state index contributed by atoms with van der Waals surface area (Å²) < 4.78 is 32.4. The predicted molar refractivity (Wildman–Crippen MR) is 172 cm³/mol. The molecule has 3 N–H and O–H groups in total. The molecule has 1 spiro atoms. The maximum Gasteiger partial charge on any atom is 0.232 e. The van der Waals surface area contributed by atoms with E-state index in [1.54, 1.807) is 7.11 Å². The van der Waals surface area contributed by atoms with Crippen LogP contribution in [-0.4, -0.2) is 81.4 Å². The zero-order valence-electron chi connectivity index (χ0n) is 25.1. The fourth-order valence-electron chi connectivity index (χ4n) is 7.12. The van der Waals surface area contributed by atoms with E-state index in [0.29, 0.717) is 47.2 Å². The van der Waals surface area contributed by atoms with E-state index in [1.165, 1.54) is 42.2 Å². The number of aromatic nitrogens is 3. The molecule has 0 unspecified atom stereocenters. The van der Waals surface area contributed by atoms with Gasteiger partial charge in [0.15, 0.2) is 0 Å². The first kappa shape index (κ1) is 27.8. The average molecular weight is 603 g/mol. The zero-order chi connectivity index (χ0) is 29.9. The van der Waals surface area contributed by atoms with Crippen molar-refractivity contribution < 1.29 is 13.2 Å². The van der Waals surface area contributed by atoms with Gasteiger partial charge in [-0.05, 0) is 68.0 Å². The van der Waals surface area contributed by atoms with Gasteiger partial charge in [-0.1, -0.05) is 12.1 Å². The summed E-state index contributed by atoms with van der Waals surface area (Å²) in [5.41, 5.74) is 6.61. The van der Waals surface area contributed by atoms with Crippen LogP contribution in [0.3, 0.4) is 0 Å². The number of aromatic amines is 1. The number of piperidine rings is 1. The third-order valence-corrected chi connectivity index (χ3v) is 10.3. The minimum Gasteiger partial charge on any atom is -0.494 e. The van der Waals surface area contributed by atoms with Crippen LogP contribution in [0, 0.1) is 12.3 Å². The van der Waals surface area contributed by atoms with E-state index in [4.69, 9.17) is 14.7 Å². The summed E-state index contributed by atoms with van der Waals surface area (Å²) >= 11 is 0. The van der Waals surface area contributed by atoms with Gasteiger partial charge < -0.3 is 30.2 Å². The summed E-state index contributed by atoms with van der Waals surface area (Å²) in [6, 6.07) is 11.9. The first-order valence-electron chi connectivity index (χ1n) is 14.7. The Bertz CT molecular complexity index is 1810. The van der Waals surface area contributed by atoms with Crippen molar-refractivity contribution in [1.29, 1.82) is 0 Å². The normalized spacial score (nSPS) is 18.1. The van der Waals surface area contributed by atoms with Crippen LogP contribution in [-0.2, 0) is 16.4 Å². The van der Waals surface area contributed by atoms with Gasteiger partial charge in [-0.15, -0.1) is 0 Å². The van der Waals surface area contributed by atoms with Gasteiger partial charge >= 0.3 is 0 Å². The lowest BCUT2D eigenvalue weighted by molar-refractivity contribution is 0.00130. The Hall–Kier alpha value is -4.03. The first-order valence-corrected chi connectivity index (χ1v) is 16.6. The molecule has 0 bridgehead atoms. The fraction of sp³-hybridized carbons (Fsp3) is 0.419. The highest BCUT2D eigenvalue weighted by Gasteiger charge is 2.43. The van der Waals surface area contributed by atoms with Crippen molar-refractivity contribution in [2.24, 2.45) is 5.41 Å². The van der Waals surface area contributed by atoms with Gasteiger partial charge in [0, 0.05) is 50.7 Å². The molecule has 226 valence electrons. The van der Waals surface area contributed by atoms with Gasteiger partial charge in [-0.3, -0.25) is 4.31 Å². The van der Waals surface area contributed by atoms with E-state index in [9.17, 15) is 8.42 Å². The molecule has 2 fully saturated rings. The average Bonchev–Trinajstić information content (AvgIpc) is 3.61. The van der Waals surface area contributed by atoms with E-state index < -0.39 is 10.0 Å². The van der Waals surface area contributed by atoms with Crippen LogP contribution < -0.4 is 24.6 Å². The Morgan fingerprint density at radius 2 is 1.81 bits per heavy atom. The van der Waals surface area contributed by atoms with Crippen LogP contribution in [0.15, 0.2) is 42.6 Å². The van der Waals surface area contributed by atoms with Crippen molar-refractivity contribution in [1.82, 2.24) is 19.9 Å². The highest BCUT2D eigenvalue weighted by Crippen LogP contribution is 2.43.